The third-order valence-electron chi connectivity index (χ3n) is 5.73. The average Bonchev–Trinajstić information content (AvgIpc) is 3.13. The second-order valence-corrected chi connectivity index (χ2v) is 7.32. The van der Waals surface area contributed by atoms with Gasteiger partial charge in [0.1, 0.15) is 12.1 Å². The smallest absolute Gasteiger partial charge is 0.227 e. The minimum Gasteiger partial charge on any atom is -0.352 e. The van der Waals surface area contributed by atoms with Crippen LogP contribution < -0.4 is 9.80 Å². The van der Waals surface area contributed by atoms with E-state index in [4.69, 9.17) is 0 Å². The summed E-state index contributed by atoms with van der Waals surface area (Å²) in [6, 6.07) is 2.49. The Labute approximate surface area is 146 Å². The lowest BCUT2D eigenvalue weighted by Crippen LogP contribution is -2.48. The number of hydrogen-bond acceptors (Lipinski definition) is 5. The second kappa shape index (κ2) is 5.82. The molecule has 5 rings (SSSR count). The highest BCUT2D eigenvalue weighted by Gasteiger charge is 2.32. The largest absolute Gasteiger partial charge is 0.352 e. The van der Waals surface area contributed by atoms with Gasteiger partial charge in [-0.2, -0.15) is 5.10 Å². The second-order valence-electron chi connectivity index (χ2n) is 7.32. The van der Waals surface area contributed by atoms with Gasteiger partial charge in [-0.1, -0.05) is 6.42 Å². The molecule has 0 atom stereocenters. The van der Waals surface area contributed by atoms with E-state index in [1.54, 1.807) is 6.33 Å². The molecule has 130 valence electrons. The fraction of sp³-hybridized carbons (Fsp3) is 0.556. The Morgan fingerprint density at radius 2 is 2.00 bits per heavy atom. The highest BCUT2D eigenvalue weighted by molar-refractivity contribution is 5.95. The van der Waals surface area contributed by atoms with Gasteiger partial charge in [0.15, 0.2) is 0 Å². The van der Waals surface area contributed by atoms with Gasteiger partial charge in [-0.3, -0.25) is 9.48 Å². The van der Waals surface area contributed by atoms with Crippen molar-refractivity contribution in [3.05, 3.63) is 30.5 Å². The number of anilines is 2. The number of nitrogens with zero attached hydrogens (tertiary/aromatic N) is 6. The predicted octanol–water partition coefficient (Wildman–Crippen LogP) is 2.13. The van der Waals surface area contributed by atoms with Gasteiger partial charge >= 0.3 is 0 Å². The Kier molecular flexibility index (Phi) is 3.46. The monoisotopic (exact) mass is 338 g/mol. The number of aromatic nitrogens is 4. The number of rotatable bonds is 4. The lowest BCUT2D eigenvalue weighted by molar-refractivity contribution is -0.117. The molecule has 2 aliphatic heterocycles. The summed E-state index contributed by atoms with van der Waals surface area (Å²) in [5.74, 6) is 1.86. The van der Waals surface area contributed by atoms with Gasteiger partial charge in [0.2, 0.25) is 5.91 Å². The van der Waals surface area contributed by atoms with Gasteiger partial charge in [-0.25, -0.2) is 9.97 Å². The van der Waals surface area contributed by atoms with E-state index in [0.29, 0.717) is 18.4 Å². The molecule has 0 bridgehead atoms. The molecule has 0 N–H and O–H groups in total. The Balaban J connectivity index is 1.25. The number of hydrogen-bond donors (Lipinski definition) is 0. The molecule has 25 heavy (non-hydrogen) atoms. The van der Waals surface area contributed by atoms with Crippen LogP contribution in [-0.2, 0) is 4.79 Å². The van der Waals surface area contributed by atoms with Gasteiger partial charge < -0.3 is 9.80 Å². The van der Waals surface area contributed by atoms with E-state index in [1.165, 1.54) is 25.0 Å². The summed E-state index contributed by atoms with van der Waals surface area (Å²) in [6.45, 7) is 2.61. The molecule has 0 radical (unpaired) electrons. The maximum atomic E-state index is 11.9. The van der Waals surface area contributed by atoms with Crippen LogP contribution in [-0.4, -0.2) is 45.3 Å². The molecule has 0 unspecified atom stereocenters. The van der Waals surface area contributed by atoms with Crippen molar-refractivity contribution in [3.63, 3.8) is 0 Å². The van der Waals surface area contributed by atoms with Crippen molar-refractivity contribution in [1.82, 2.24) is 19.7 Å². The zero-order valence-corrected chi connectivity index (χ0v) is 14.2. The van der Waals surface area contributed by atoms with Crippen LogP contribution in [0.3, 0.4) is 0 Å². The highest BCUT2D eigenvalue weighted by atomic mass is 16.2. The molecule has 1 amide bonds. The van der Waals surface area contributed by atoms with Crippen LogP contribution in [0.15, 0.2) is 24.8 Å². The topological polar surface area (TPSA) is 67.2 Å². The Bertz CT molecular complexity index is 792. The van der Waals surface area contributed by atoms with E-state index < -0.39 is 0 Å². The lowest BCUT2D eigenvalue weighted by Gasteiger charge is -2.40. The molecular formula is C18H22N6O. The van der Waals surface area contributed by atoms with Gasteiger partial charge in [-0.05, 0) is 19.3 Å². The predicted molar refractivity (Wildman–Crippen MR) is 93.7 cm³/mol. The van der Waals surface area contributed by atoms with Crippen LogP contribution in [0.4, 0.5) is 11.5 Å². The summed E-state index contributed by atoms with van der Waals surface area (Å²) < 4.78 is 1.99. The minimum atomic E-state index is 0.208. The van der Waals surface area contributed by atoms with E-state index in [2.05, 4.69) is 26.0 Å². The van der Waals surface area contributed by atoms with Gasteiger partial charge in [0.05, 0.1) is 17.9 Å². The molecule has 7 nitrogen and oxygen atoms in total. The van der Waals surface area contributed by atoms with E-state index >= 15 is 0 Å². The summed E-state index contributed by atoms with van der Waals surface area (Å²) in [6.07, 6.45) is 10.9. The van der Waals surface area contributed by atoms with Crippen LogP contribution in [0.2, 0.25) is 0 Å². The summed E-state index contributed by atoms with van der Waals surface area (Å²) in [5.41, 5.74) is 2.11. The molecule has 1 saturated carbocycles. The zero-order valence-electron chi connectivity index (χ0n) is 14.2. The first-order chi connectivity index (χ1) is 12.3. The number of carbonyl (C=O) groups is 1. The first-order valence-corrected chi connectivity index (χ1v) is 9.19. The standard InChI is InChI=1S/C18H22N6O/c25-18-5-2-6-23(18)14-8-21-24(11-14)15-9-22(10-15)17-7-16(19-12-20-17)13-3-1-4-13/h7-8,11-13,15H,1-6,9-10H2. The normalized spacial score (nSPS) is 21.5. The molecule has 2 aromatic rings. The van der Waals surface area contributed by atoms with Crippen molar-refractivity contribution in [2.24, 2.45) is 0 Å². The van der Waals surface area contributed by atoms with E-state index in [0.717, 1.165) is 37.6 Å². The quantitative estimate of drug-likeness (QED) is 0.854. The SMILES string of the molecule is O=C1CCCN1c1cnn(C2CN(c3cc(C4CCC4)ncn3)C2)c1. The average molecular weight is 338 g/mol. The summed E-state index contributed by atoms with van der Waals surface area (Å²) in [7, 11) is 0. The number of carbonyl (C=O) groups excluding carboxylic acids is 1. The summed E-state index contributed by atoms with van der Waals surface area (Å²) in [5, 5.41) is 4.48. The highest BCUT2D eigenvalue weighted by Crippen LogP contribution is 2.36. The van der Waals surface area contributed by atoms with Crippen molar-refractivity contribution in [1.29, 1.82) is 0 Å². The third-order valence-corrected chi connectivity index (χ3v) is 5.73. The van der Waals surface area contributed by atoms with Crippen molar-refractivity contribution in [2.45, 2.75) is 44.1 Å². The Morgan fingerprint density at radius 1 is 1.12 bits per heavy atom. The first kappa shape index (κ1) is 14.9. The van der Waals surface area contributed by atoms with Crippen molar-refractivity contribution in [3.8, 4) is 0 Å². The van der Waals surface area contributed by atoms with Gasteiger partial charge in [0, 0.05) is 49.9 Å². The van der Waals surface area contributed by atoms with Crippen LogP contribution in [0.25, 0.3) is 0 Å². The summed E-state index contributed by atoms with van der Waals surface area (Å²) in [4.78, 5) is 24.9. The van der Waals surface area contributed by atoms with E-state index in [9.17, 15) is 4.79 Å². The molecule has 2 aromatic heterocycles. The Hall–Kier alpha value is -2.44. The van der Waals surface area contributed by atoms with Gasteiger partial charge in [0.25, 0.3) is 0 Å². The molecule has 1 aliphatic carbocycles. The molecule has 7 heteroatoms. The lowest BCUT2D eigenvalue weighted by atomic mass is 9.83. The van der Waals surface area contributed by atoms with E-state index in [-0.39, 0.29) is 5.91 Å². The molecule has 2 saturated heterocycles. The molecule has 4 heterocycles. The van der Waals surface area contributed by atoms with Crippen molar-refractivity contribution in [2.75, 3.05) is 29.4 Å². The fourth-order valence-electron chi connectivity index (χ4n) is 3.86. The molecule has 0 aromatic carbocycles. The maximum Gasteiger partial charge on any atom is 0.227 e. The molecule has 0 spiro atoms. The van der Waals surface area contributed by atoms with Crippen molar-refractivity contribution >= 4 is 17.4 Å². The minimum absolute atomic E-state index is 0.208. The van der Waals surface area contributed by atoms with Crippen LogP contribution in [0, 0.1) is 0 Å². The fourth-order valence-corrected chi connectivity index (χ4v) is 3.86. The van der Waals surface area contributed by atoms with Gasteiger partial charge in [-0.15, -0.1) is 0 Å². The third kappa shape index (κ3) is 2.58. The van der Waals surface area contributed by atoms with Crippen molar-refractivity contribution < 1.29 is 4.79 Å². The zero-order chi connectivity index (χ0) is 16.8. The maximum absolute atomic E-state index is 11.9. The van der Waals surface area contributed by atoms with E-state index in [1.807, 2.05) is 22.0 Å². The van der Waals surface area contributed by atoms with Crippen LogP contribution >= 0.6 is 0 Å². The van der Waals surface area contributed by atoms with Crippen LogP contribution in [0.5, 0.6) is 0 Å². The van der Waals surface area contributed by atoms with Crippen LogP contribution in [0.1, 0.15) is 49.8 Å². The molecular weight excluding hydrogens is 316 g/mol. The summed E-state index contributed by atoms with van der Waals surface area (Å²) >= 11 is 0. The first-order valence-electron chi connectivity index (χ1n) is 9.19. The number of amides is 1. The molecule has 3 fully saturated rings. The molecule has 3 aliphatic rings. The Morgan fingerprint density at radius 3 is 2.72 bits per heavy atom.